The quantitative estimate of drug-likeness (QED) is 0.589. The van der Waals surface area contributed by atoms with Gasteiger partial charge in [-0.05, 0) is 40.2 Å². The molecule has 2 aliphatic rings. The predicted octanol–water partition coefficient (Wildman–Crippen LogP) is 4.95. The molecule has 1 saturated carbocycles. The lowest BCUT2D eigenvalue weighted by molar-refractivity contribution is 0.771. The van der Waals surface area contributed by atoms with Gasteiger partial charge in [0.05, 0.1) is 0 Å². The van der Waals surface area contributed by atoms with Gasteiger partial charge in [0, 0.05) is 9.65 Å². The molecule has 0 spiro atoms. The monoisotopic (exact) mass is 350 g/mol. The molecule has 0 unspecified atom stereocenters. The Labute approximate surface area is 118 Å². The van der Waals surface area contributed by atoms with Crippen molar-refractivity contribution in [3.05, 3.63) is 47.5 Å². The zero-order chi connectivity index (χ0) is 11.6. The first-order valence-corrected chi connectivity index (χ1v) is 7.89. The van der Waals surface area contributed by atoms with Crippen LogP contribution in [0.5, 0.6) is 0 Å². The maximum atomic E-state index is 3.85. The molecule has 2 aromatic carbocycles. The van der Waals surface area contributed by atoms with Crippen molar-refractivity contribution >= 4 is 42.6 Å². The minimum atomic E-state index is 0.598. The highest BCUT2D eigenvalue weighted by molar-refractivity contribution is 9.12. The van der Waals surface area contributed by atoms with Crippen molar-refractivity contribution in [2.24, 2.45) is 0 Å². The van der Waals surface area contributed by atoms with Gasteiger partial charge < -0.3 is 0 Å². The van der Waals surface area contributed by atoms with Crippen molar-refractivity contribution in [3.63, 3.8) is 0 Å². The Bertz CT molecular complexity index is 552. The van der Waals surface area contributed by atoms with E-state index in [1.807, 2.05) is 0 Å². The molecule has 17 heavy (non-hydrogen) atoms. The third-order valence-electron chi connectivity index (χ3n) is 4.33. The van der Waals surface area contributed by atoms with E-state index in [1.54, 1.807) is 11.1 Å². The molecule has 0 nitrogen and oxygen atoms in total. The molecule has 0 saturated heterocycles. The van der Waals surface area contributed by atoms with E-state index < -0.39 is 0 Å². The van der Waals surface area contributed by atoms with E-state index in [4.69, 9.17) is 0 Å². The normalized spacial score (nSPS) is 34.2. The summed E-state index contributed by atoms with van der Waals surface area (Å²) in [4.78, 5) is 1.20. The third kappa shape index (κ3) is 1.34. The van der Waals surface area contributed by atoms with Gasteiger partial charge >= 0.3 is 0 Å². The number of fused-ring (bicyclic) bond motifs is 6. The molecule has 1 fully saturated rings. The first-order chi connectivity index (χ1) is 8.25. The van der Waals surface area contributed by atoms with Crippen molar-refractivity contribution in [1.29, 1.82) is 0 Å². The average molecular weight is 352 g/mol. The predicted molar refractivity (Wildman–Crippen MR) is 79.5 cm³/mol. The van der Waals surface area contributed by atoms with Crippen LogP contribution >= 0.6 is 31.9 Å². The zero-order valence-electron chi connectivity index (χ0n) is 9.24. The highest BCUT2D eigenvalue weighted by Crippen LogP contribution is 2.58. The Hall–Kier alpha value is -0.340. The van der Waals surface area contributed by atoms with Crippen LogP contribution in [-0.4, -0.2) is 9.65 Å². The van der Waals surface area contributed by atoms with Crippen LogP contribution in [0.15, 0.2) is 36.4 Å². The Balaban J connectivity index is 1.99. The van der Waals surface area contributed by atoms with Crippen LogP contribution in [0, 0.1) is 0 Å². The van der Waals surface area contributed by atoms with Crippen LogP contribution < -0.4 is 0 Å². The summed E-state index contributed by atoms with van der Waals surface area (Å²) >= 11 is 7.70. The Morgan fingerprint density at radius 1 is 0.824 bits per heavy atom. The van der Waals surface area contributed by atoms with Gasteiger partial charge in [-0.25, -0.2) is 0 Å². The maximum absolute atomic E-state index is 3.85. The van der Waals surface area contributed by atoms with E-state index in [9.17, 15) is 0 Å². The lowest BCUT2D eigenvalue weighted by atomic mass is 9.89. The molecule has 0 amide bonds. The maximum Gasteiger partial charge on any atom is 0.0345 e. The molecule has 0 aromatic heterocycles. The zero-order valence-corrected chi connectivity index (χ0v) is 12.4. The molecule has 0 radical (unpaired) electrons. The van der Waals surface area contributed by atoms with Gasteiger partial charge in [0.25, 0.3) is 0 Å². The highest BCUT2D eigenvalue weighted by Gasteiger charge is 2.48. The van der Waals surface area contributed by atoms with E-state index in [1.165, 1.54) is 17.2 Å². The van der Waals surface area contributed by atoms with Crippen molar-refractivity contribution in [2.45, 2.75) is 27.9 Å². The minimum Gasteiger partial charge on any atom is -0.0872 e. The Kier molecular flexibility index (Phi) is 2.23. The minimum absolute atomic E-state index is 0.598. The van der Waals surface area contributed by atoms with Gasteiger partial charge in [-0.3, -0.25) is 0 Å². The lowest BCUT2D eigenvalue weighted by Crippen LogP contribution is -2.21. The summed E-state index contributed by atoms with van der Waals surface area (Å²) in [5.41, 5.74) is 3.15. The van der Waals surface area contributed by atoms with Crippen molar-refractivity contribution in [2.75, 3.05) is 0 Å². The summed E-state index contributed by atoms with van der Waals surface area (Å²) in [5.74, 6) is 1.40. The number of hydrogen-bond donors (Lipinski definition) is 0. The van der Waals surface area contributed by atoms with Gasteiger partial charge in [0.15, 0.2) is 0 Å². The lowest BCUT2D eigenvalue weighted by Gasteiger charge is -2.25. The van der Waals surface area contributed by atoms with Gasteiger partial charge in [-0.15, -0.1) is 0 Å². The molecule has 2 heteroatoms. The van der Waals surface area contributed by atoms with E-state index in [0.29, 0.717) is 21.5 Å². The van der Waals surface area contributed by atoms with E-state index in [-0.39, 0.29) is 0 Å². The molecular formula is C15H12Br2. The molecule has 0 N–H and O–H groups in total. The van der Waals surface area contributed by atoms with Crippen molar-refractivity contribution in [3.8, 4) is 0 Å². The molecule has 2 aromatic rings. The summed E-state index contributed by atoms with van der Waals surface area (Å²) < 4.78 is 0. The van der Waals surface area contributed by atoms with E-state index >= 15 is 0 Å². The largest absolute Gasteiger partial charge is 0.0872 e. The fraction of sp³-hybridized carbons (Fsp3) is 0.333. The van der Waals surface area contributed by atoms with Crippen molar-refractivity contribution in [1.82, 2.24) is 0 Å². The molecule has 4 atom stereocenters. The Morgan fingerprint density at radius 3 is 1.76 bits per heavy atom. The molecule has 0 heterocycles. The number of rotatable bonds is 0. The second-order valence-corrected chi connectivity index (χ2v) is 7.28. The van der Waals surface area contributed by atoms with Gasteiger partial charge in [-0.1, -0.05) is 68.3 Å². The second kappa shape index (κ2) is 3.58. The molecular weight excluding hydrogens is 340 g/mol. The second-order valence-electron chi connectivity index (χ2n) is 5.17. The van der Waals surface area contributed by atoms with E-state index in [2.05, 4.69) is 68.3 Å². The highest BCUT2D eigenvalue weighted by atomic mass is 79.9. The van der Waals surface area contributed by atoms with E-state index in [0.717, 1.165) is 0 Å². The summed E-state index contributed by atoms with van der Waals surface area (Å²) in [6.07, 6.45) is 1.30. The standard InChI is InChI=1S/C15H12Br2/c16-14-12-7-13(15(14)17)11-6-9-4-2-1-3-8(9)5-10(11)12/h1-6,12-15H,7H2/t12-,13+,14-,15+. The fourth-order valence-corrected chi connectivity index (χ4v) is 5.23. The molecule has 86 valence electrons. The number of hydrogen-bond acceptors (Lipinski definition) is 0. The van der Waals surface area contributed by atoms with Crippen LogP contribution in [0.1, 0.15) is 29.4 Å². The van der Waals surface area contributed by atoms with Gasteiger partial charge in [-0.2, -0.15) is 0 Å². The first-order valence-electron chi connectivity index (χ1n) is 6.06. The summed E-state index contributed by atoms with van der Waals surface area (Å²) in [6.45, 7) is 0. The molecule has 2 aliphatic carbocycles. The van der Waals surface area contributed by atoms with Crippen LogP contribution in [0.2, 0.25) is 0 Å². The van der Waals surface area contributed by atoms with Crippen LogP contribution in [0.4, 0.5) is 0 Å². The molecule has 4 rings (SSSR count). The van der Waals surface area contributed by atoms with Gasteiger partial charge in [0.1, 0.15) is 0 Å². The molecule has 0 aliphatic heterocycles. The number of halogens is 2. The summed E-state index contributed by atoms with van der Waals surface area (Å²) in [7, 11) is 0. The molecule has 2 bridgehead atoms. The number of alkyl halides is 2. The first kappa shape index (κ1) is 10.6. The summed E-state index contributed by atoms with van der Waals surface area (Å²) in [5, 5.41) is 2.76. The van der Waals surface area contributed by atoms with Crippen LogP contribution in [0.25, 0.3) is 10.8 Å². The number of benzene rings is 2. The SMILES string of the molecule is Br[C@@H]1[C@H](Br)[C@@H]2C[C@H]1c1cc3ccccc3cc12. The third-order valence-corrected chi connectivity index (χ3v) is 7.46. The van der Waals surface area contributed by atoms with Gasteiger partial charge in [0.2, 0.25) is 0 Å². The van der Waals surface area contributed by atoms with Crippen LogP contribution in [-0.2, 0) is 0 Å². The average Bonchev–Trinajstić information content (AvgIpc) is 2.85. The van der Waals surface area contributed by atoms with Crippen LogP contribution in [0.3, 0.4) is 0 Å². The smallest absolute Gasteiger partial charge is 0.0345 e. The topological polar surface area (TPSA) is 0 Å². The Morgan fingerprint density at radius 2 is 1.29 bits per heavy atom. The summed E-state index contributed by atoms with van der Waals surface area (Å²) in [6, 6.07) is 13.5. The van der Waals surface area contributed by atoms with Crippen molar-refractivity contribution < 1.29 is 0 Å². The fourth-order valence-electron chi connectivity index (χ4n) is 3.49.